The van der Waals surface area contributed by atoms with Crippen LogP contribution in [0, 0.1) is 0 Å². The van der Waals surface area contributed by atoms with E-state index in [2.05, 4.69) is 55.5 Å². The van der Waals surface area contributed by atoms with Crippen LogP contribution in [0.2, 0.25) is 0 Å². The molecular weight excluding hydrogens is 450 g/mol. The van der Waals surface area contributed by atoms with E-state index in [9.17, 15) is 4.79 Å². The van der Waals surface area contributed by atoms with Crippen molar-refractivity contribution in [2.24, 2.45) is 0 Å². The van der Waals surface area contributed by atoms with E-state index < -0.39 is 6.10 Å². The molecule has 2 atom stereocenters. The van der Waals surface area contributed by atoms with E-state index in [0.717, 1.165) is 33.5 Å². The van der Waals surface area contributed by atoms with Gasteiger partial charge in [0.25, 0.3) is 5.91 Å². The van der Waals surface area contributed by atoms with Crippen molar-refractivity contribution >= 4 is 34.1 Å². The van der Waals surface area contributed by atoms with Crippen molar-refractivity contribution in [2.45, 2.75) is 49.6 Å². The summed E-state index contributed by atoms with van der Waals surface area (Å²) < 4.78 is 6.30. The third-order valence-electron chi connectivity index (χ3n) is 6.55. The molecule has 35 heavy (non-hydrogen) atoms. The average molecular weight is 482 g/mol. The molecule has 5 rings (SSSR count). The maximum atomic E-state index is 13.4. The van der Waals surface area contributed by atoms with Crippen molar-refractivity contribution in [3.05, 3.63) is 103 Å². The lowest BCUT2D eigenvalue weighted by atomic mass is 9.89. The van der Waals surface area contributed by atoms with Crippen molar-refractivity contribution in [2.75, 3.05) is 10.7 Å². The van der Waals surface area contributed by atoms with Crippen LogP contribution < -0.4 is 9.64 Å². The van der Waals surface area contributed by atoms with Crippen LogP contribution in [0.3, 0.4) is 0 Å². The Kier molecular flexibility index (Phi) is 7.39. The van der Waals surface area contributed by atoms with Crippen molar-refractivity contribution in [1.82, 2.24) is 0 Å². The van der Waals surface area contributed by atoms with Crippen LogP contribution in [-0.4, -0.2) is 17.8 Å². The Labute approximate surface area is 212 Å². The Balaban J connectivity index is 1.33. The zero-order chi connectivity index (χ0) is 24.0. The molecule has 0 aromatic heterocycles. The van der Waals surface area contributed by atoms with Crippen molar-refractivity contribution in [3.63, 3.8) is 0 Å². The van der Waals surface area contributed by atoms with Crippen LogP contribution in [0.15, 0.2) is 102 Å². The Morgan fingerprint density at radius 3 is 2.31 bits per heavy atom. The van der Waals surface area contributed by atoms with Crippen LogP contribution in [0.1, 0.15) is 44.2 Å². The van der Waals surface area contributed by atoms with Crippen LogP contribution in [0.5, 0.6) is 5.75 Å². The minimum Gasteiger partial charge on any atom is -0.478 e. The highest BCUT2D eigenvalue weighted by Crippen LogP contribution is 2.42. The number of benzene rings is 4. The quantitative estimate of drug-likeness (QED) is 0.130. The number of amides is 1. The summed E-state index contributed by atoms with van der Waals surface area (Å²) in [4.78, 5) is 16.5. The fourth-order valence-electron chi connectivity index (χ4n) is 4.65. The summed E-state index contributed by atoms with van der Waals surface area (Å²) in [7, 11) is 0. The lowest BCUT2D eigenvalue weighted by molar-refractivity contribution is -0.135. The summed E-state index contributed by atoms with van der Waals surface area (Å²) in [6, 6.07) is 32.6. The highest BCUT2D eigenvalue weighted by Gasteiger charge is 2.51. The van der Waals surface area contributed by atoms with E-state index in [-0.39, 0.29) is 11.9 Å². The molecule has 0 bridgehead atoms. The van der Waals surface area contributed by atoms with Crippen LogP contribution in [0.25, 0.3) is 10.8 Å². The number of carbonyl (C=O) groups is 1. The van der Waals surface area contributed by atoms with Gasteiger partial charge in [-0.05, 0) is 64.9 Å². The maximum Gasteiger partial charge on any atom is 0.271 e. The molecule has 1 saturated heterocycles. The van der Waals surface area contributed by atoms with Gasteiger partial charge in [0, 0.05) is 10.6 Å². The smallest absolute Gasteiger partial charge is 0.271 e. The molecular formula is C31H31NO2S. The predicted molar refractivity (Wildman–Crippen MR) is 146 cm³/mol. The van der Waals surface area contributed by atoms with Gasteiger partial charge in [0.2, 0.25) is 6.10 Å². The molecule has 3 nitrogen and oxygen atoms in total. The molecule has 178 valence electrons. The average Bonchev–Trinajstić information content (AvgIpc) is 2.91. The number of rotatable bonds is 10. The van der Waals surface area contributed by atoms with E-state index in [1.54, 1.807) is 0 Å². The van der Waals surface area contributed by atoms with Crippen LogP contribution in [-0.2, 0) is 4.79 Å². The Morgan fingerprint density at radius 2 is 1.54 bits per heavy atom. The third-order valence-corrected chi connectivity index (χ3v) is 7.65. The summed E-state index contributed by atoms with van der Waals surface area (Å²) in [5, 5.41) is 2.26. The molecule has 4 heteroatoms. The normalized spacial score (nSPS) is 17.4. The van der Waals surface area contributed by atoms with Gasteiger partial charge in [0.05, 0.1) is 0 Å². The summed E-state index contributed by atoms with van der Waals surface area (Å²) in [5.41, 5.74) is 1.99. The van der Waals surface area contributed by atoms with Gasteiger partial charge in [-0.15, -0.1) is 11.8 Å². The first kappa shape index (κ1) is 23.5. The monoisotopic (exact) mass is 481 g/mol. The first-order chi connectivity index (χ1) is 17.2. The van der Waals surface area contributed by atoms with Crippen molar-refractivity contribution in [3.8, 4) is 5.75 Å². The number of fused-ring (bicyclic) bond motifs is 1. The second-order valence-corrected chi connectivity index (χ2v) is 10.2. The minimum absolute atomic E-state index is 0.00743. The summed E-state index contributed by atoms with van der Waals surface area (Å²) in [5.74, 6) is 1.85. The van der Waals surface area contributed by atoms with Gasteiger partial charge in [0.15, 0.2) is 0 Å². The first-order valence-electron chi connectivity index (χ1n) is 12.5. The number of hydrogen-bond donors (Lipinski definition) is 0. The minimum atomic E-state index is -0.550. The fraction of sp³-hybridized carbons (Fsp3) is 0.258. The number of β-lactam (4-membered cyclic amide) rings is 1. The van der Waals surface area contributed by atoms with Gasteiger partial charge in [-0.3, -0.25) is 9.69 Å². The molecule has 0 radical (unpaired) electrons. The molecule has 0 spiro atoms. The van der Waals surface area contributed by atoms with E-state index in [1.165, 1.54) is 30.6 Å². The summed E-state index contributed by atoms with van der Waals surface area (Å²) in [6.07, 6.45) is 4.55. The number of ether oxygens (including phenoxy) is 1. The van der Waals surface area contributed by atoms with Gasteiger partial charge < -0.3 is 4.74 Å². The largest absolute Gasteiger partial charge is 0.478 e. The molecule has 0 saturated carbocycles. The molecule has 2 unspecified atom stereocenters. The lowest BCUT2D eigenvalue weighted by Gasteiger charge is -2.46. The topological polar surface area (TPSA) is 29.5 Å². The standard InChI is InChI=1S/C31H31NO2S/c1-2-3-4-10-21-35-28-19-16-26(17-20-28)32-29(24-12-6-5-7-13-24)30(31(32)33)34-27-18-15-23-11-8-9-14-25(23)22-27/h5-9,11-20,22,29-30H,2-4,10,21H2,1H3. The zero-order valence-electron chi connectivity index (χ0n) is 20.1. The number of nitrogens with zero attached hydrogens (tertiary/aromatic N) is 1. The number of thioether (sulfide) groups is 1. The molecule has 1 amide bonds. The molecule has 4 aromatic carbocycles. The van der Waals surface area contributed by atoms with E-state index in [1.807, 2.05) is 65.2 Å². The SMILES string of the molecule is CCCCCCSc1ccc(N2C(=O)C(Oc3ccc4ccccc4c3)C2c2ccccc2)cc1. The van der Waals surface area contributed by atoms with Crippen LogP contribution in [0.4, 0.5) is 5.69 Å². The van der Waals surface area contributed by atoms with Gasteiger partial charge >= 0.3 is 0 Å². The second kappa shape index (κ2) is 11.0. The van der Waals surface area contributed by atoms with Gasteiger partial charge in [-0.1, -0.05) is 86.8 Å². The lowest BCUT2D eigenvalue weighted by Crippen LogP contribution is -2.61. The highest BCUT2D eigenvalue weighted by atomic mass is 32.2. The molecule has 1 fully saturated rings. The summed E-state index contributed by atoms with van der Waals surface area (Å²) in [6.45, 7) is 2.24. The predicted octanol–water partition coefficient (Wildman–Crippen LogP) is 8.05. The van der Waals surface area contributed by atoms with Gasteiger partial charge in [0.1, 0.15) is 11.8 Å². The third kappa shape index (κ3) is 5.23. The van der Waals surface area contributed by atoms with E-state index in [0.29, 0.717) is 0 Å². The van der Waals surface area contributed by atoms with Crippen LogP contribution >= 0.6 is 11.8 Å². The first-order valence-corrected chi connectivity index (χ1v) is 13.5. The Morgan fingerprint density at radius 1 is 0.800 bits per heavy atom. The Bertz CT molecular complexity index is 1270. The number of hydrogen-bond acceptors (Lipinski definition) is 3. The van der Waals surface area contributed by atoms with Crippen molar-refractivity contribution in [1.29, 1.82) is 0 Å². The Hall–Kier alpha value is -3.24. The molecule has 0 N–H and O–H groups in total. The number of anilines is 1. The molecule has 1 heterocycles. The number of unbranched alkanes of at least 4 members (excludes halogenated alkanes) is 3. The van der Waals surface area contributed by atoms with Gasteiger partial charge in [-0.2, -0.15) is 0 Å². The molecule has 1 aliphatic rings. The highest BCUT2D eigenvalue weighted by molar-refractivity contribution is 7.99. The molecule has 4 aromatic rings. The molecule has 0 aliphatic carbocycles. The second-order valence-electron chi connectivity index (χ2n) is 9.01. The number of carbonyl (C=O) groups excluding carboxylic acids is 1. The van der Waals surface area contributed by atoms with Gasteiger partial charge in [-0.25, -0.2) is 0 Å². The maximum absolute atomic E-state index is 13.4. The van der Waals surface area contributed by atoms with Crippen molar-refractivity contribution < 1.29 is 9.53 Å². The molecule has 1 aliphatic heterocycles. The van der Waals surface area contributed by atoms with E-state index in [4.69, 9.17) is 4.74 Å². The fourth-order valence-corrected chi connectivity index (χ4v) is 5.56. The van der Waals surface area contributed by atoms with E-state index >= 15 is 0 Å². The summed E-state index contributed by atoms with van der Waals surface area (Å²) >= 11 is 1.89. The zero-order valence-corrected chi connectivity index (χ0v) is 20.9.